The van der Waals surface area contributed by atoms with Gasteiger partial charge in [-0.3, -0.25) is 4.79 Å². The first-order valence-corrected chi connectivity index (χ1v) is 5.80. The van der Waals surface area contributed by atoms with Crippen molar-refractivity contribution in [3.05, 3.63) is 35.0 Å². The van der Waals surface area contributed by atoms with Gasteiger partial charge in [0, 0.05) is 12.5 Å². The van der Waals surface area contributed by atoms with E-state index in [4.69, 9.17) is 20.8 Å². The molecule has 1 heterocycles. The van der Waals surface area contributed by atoms with Crippen LogP contribution in [0.15, 0.2) is 28.7 Å². The minimum atomic E-state index is -0.464. The van der Waals surface area contributed by atoms with Crippen LogP contribution < -0.4 is 0 Å². The molecule has 0 bridgehead atoms. The quantitative estimate of drug-likeness (QED) is 0.779. The Hall–Kier alpha value is -1.32. The molecule has 0 spiro atoms. The summed E-state index contributed by atoms with van der Waals surface area (Å²) in [6, 6.07) is 7.11. The molecule has 0 saturated carbocycles. The fourth-order valence-corrected chi connectivity index (χ4v) is 1.99. The van der Waals surface area contributed by atoms with Gasteiger partial charge in [0.25, 0.3) is 0 Å². The van der Waals surface area contributed by atoms with Crippen molar-refractivity contribution in [2.45, 2.75) is 19.4 Å². The molecular formula is C13H13ClO3. The van der Waals surface area contributed by atoms with Gasteiger partial charge in [-0.2, -0.15) is 0 Å². The molecule has 2 rings (SSSR count). The summed E-state index contributed by atoms with van der Waals surface area (Å²) in [5, 5.41) is 1.33. The average Bonchev–Trinajstić information content (AvgIpc) is 2.76. The van der Waals surface area contributed by atoms with Crippen LogP contribution in [-0.2, 0) is 4.74 Å². The number of fused-ring (bicyclic) bond motifs is 1. The van der Waals surface area contributed by atoms with Crippen LogP contribution in [0, 0.1) is 0 Å². The van der Waals surface area contributed by atoms with Crippen LogP contribution in [0.1, 0.15) is 23.9 Å². The number of para-hydroxylation sites is 1. The average molecular weight is 253 g/mol. The molecule has 1 atom stereocenters. The molecule has 1 aromatic heterocycles. The zero-order chi connectivity index (χ0) is 12.4. The van der Waals surface area contributed by atoms with Gasteiger partial charge < -0.3 is 9.15 Å². The molecule has 0 radical (unpaired) electrons. The van der Waals surface area contributed by atoms with Gasteiger partial charge in [-0.15, -0.1) is 0 Å². The number of ether oxygens (including phenoxy) is 1. The topological polar surface area (TPSA) is 39.4 Å². The number of halogens is 1. The Kier molecular flexibility index (Phi) is 3.50. The maximum atomic E-state index is 12.0. The van der Waals surface area contributed by atoms with Crippen molar-refractivity contribution in [2.24, 2.45) is 0 Å². The number of carbonyl (C=O) groups excluding carboxylic acids is 1. The Morgan fingerprint density at radius 3 is 2.88 bits per heavy atom. The lowest BCUT2D eigenvalue weighted by molar-refractivity contribution is 0.0570. The largest absolute Gasteiger partial charge is 0.451 e. The van der Waals surface area contributed by atoms with Crippen LogP contribution in [-0.4, -0.2) is 19.0 Å². The Morgan fingerprint density at radius 1 is 1.53 bits per heavy atom. The molecule has 0 saturated heterocycles. The van der Waals surface area contributed by atoms with Crippen molar-refractivity contribution >= 4 is 28.4 Å². The van der Waals surface area contributed by atoms with Crippen molar-refractivity contribution in [3.8, 4) is 0 Å². The molecular weight excluding hydrogens is 240 g/mol. The monoisotopic (exact) mass is 252 g/mol. The number of carbonyl (C=O) groups is 1. The van der Waals surface area contributed by atoms with Gasteiger partial charge in [-0.05, 0) is 18.6 Å². The second kappa shape index (κ2) is 4.90. The van der Waals surface area contributed by atoms with Crippen molar-refractivity contribution in [2.75, 3.05) is 7.11 Å². The smallest absolute Gasteiger partial charge is 0.226 e. The minimum absolute atomic E-state index is 0.151. The van der Waals surface area contributed by atoms with E-state index in [0.29, 0.717) is 22.8 Å². The molecule has 1 unspecified atom stereocenters. The second-order valence-electron chi connectivity index (χ2n) is 3.77. The summed E-state index contributed by atoms with van der Waals surface area (Å²) in [5.41, 5.74) is 0.545. The van der Waals surface area contributed by atoms with Crippen molar-refractivity contribution < 1.29 is 13.9 Å². The third-order valence-electron chi connectivity index (χ3n) is 2.69. The summed E-state index contributed by atoms with van der Waals surface area (Å²) >= 11 is 5.99. The van der Waals surface area contributed by atoms with E-state index in [1.807, 2.05) is 19.1 Å². The second-order valence-corrected chi connectivity index (χ2v) is 4.17. The highest BCUT2D eigenvalue weighted by Crippen LogP contribution is 2.27. The van der Waals surface area contributed by atoms with E-state index in [1.165, 1.54) is 7.11 Å². The molecule has 17 heavy (non-hydrogen) atoms. The lowest BCUT2D eigenvalue weighted by atomic mass is 10.1. The van der Waals surface area contributed by atoms with Gasteiger partial charge in [0.15, 0.2) is 11.3 Å². The highest BCUT2D eigenvalue weighted by Gasteiger charge is 2.21. The predicted octanol–water partition coefficient (Wildman–Crippen LogP) is 3.69. The maximum absolute atomic E-state index is 12.0. The van der Waals surface area contributed by atoms with E-state index in [9.17, 15) is 4.79 Å². The molecule has 1 aromatic carbocycles. The standard InChI is InChI=1S/C13H13ClO3/c1-3-10(16-2)12(15)11-7-8-5-4-6-9(14)13(8)17-11/h4-7,10H,3H2,1-2H3. The van der Waals surface area contributed by atoms with E-state index in [2.05, 4.69) is 0 Å². The minimum Gasteiger partial charge on any atom is -0.451 e. The van der Waals surface area contributed by atoms with Crippen molar-refractivity contribution in [3.63, 3.8) is 0 Å². The molecule has 0 aliphatic heterocycles. The number of Topliss-reactive ketones (excluding diaryl/α,β-unsaturated/α-hetero) is 1. The molecule has 4 heteroatoms. The summed E-state index contributed by atoms with van der Waals surface area (Å²) in [4.78, 5) is 12.0. The first-order chi connectivity index (χ1) is 8.17. The molecule has 0 fully saturated rings. The van der Waals surface area contributed by atoms with Crippen LogP contribution >= 0.6 is 11.6 Å². The Bertz CT molecular complexity index is 541. The van der Waals surface area contributed by atoms with E-state index in [1.54, 1.807) is 12.1 Å². The Balaban J connectivity index is 2.43. The zero-order valence-electron chi connectivity index (χ0n) is 9.70. The van der Waals surface area contributed by atoms with Crippen LogP contribution in [0.3, 0.4) is 0 Å². The summed E-state index contributed by atoms with van der Waals surface area (Å²) in [6.45, 7) is 1.89. The summed E-state index contributed by atoms with van der Waals surface area (Å²) < 4.78 is 10.6. The van der Waals surface area contributed by atoms with Crippen molar-refractivity contribution in [1.82, 2.24) is 0 Å². The summed E-state index contributed by atoms with van der Waals surface area (Å²) in [7, 11) is 1.52. The van der Waals surface area contributed by atoms with Gasteiger partial charge in [0.2, 0.25) is 5.78 Å². The number of ketones is 1. The molecule has 3 nitrogen and oxygen atoms in total. The normalized spacial score (nSPS) is 12.9. The SMILES string of the molecule is CCC(OC)C(=O)c1cc2cccc(Cl)c2o1. The highest BCUT2D eigenvalue weighted by molar-refractivity contribution is 6.34. The van der Waals surface area contributed by atoms with E-state index >= 15 is 0 Å². The molecule has 0 aliphatic rings. The number of methoxy groups -OCH3 is 1. The van der Waals surface area contributed by atoms with Gasteiger partial charge in [-0.25, -0.2) is 0 Å². The number of hydrogen-bond acceptors (Lipinski definition) is 3. The summed E-state index contributed by atoms with van der Waals surface area (Å²) in [6.07, 6.45) is 0.148. The molecule has 0 aliphatic carbocycles. The lowest BCUT2D eigenvalue weighted by Crippen LogP contribution is -2.21. The number of rotatable bonds is 4. The van der Waals surface area contributed by atoms with Gasteiger partial charge in [0.05, 0.1) is 5.02 Å². The van der Waals surface area contributed by atoms with E-state index in [-0.39, 0.29) is 5.78 Å². The van der Waals surface area contributed by atoms with Gasteiger partial charge >= 0.3 is 0 Å². The van der Waals surface area contributed by atoms with E-state index in [0.717, 1.165) is 5.39 Å². The predicted molar refractivity (Wildman–Crippen MR) is 66.6 cm³/mol. The third-order valence-corrected chi connectivity index (χ3v) is 2.98. The van der Waals surface area contributed by atoms with Crippen LogP contribution in [0.25, 0.3) is 11.0 Å². The molecule has 0 N–H and O–H groups in total. The summed E-state index contributed by atoms with van der Waals surface area (Å²) in [5.74, 6) is 0.143. The third kappa shape index (κ3) is 2.21. The first kappa shape index (κ1) is 12.1. The Labute approximate surface area is 104 Å². The Morgan fingerprint density at radius 2 is 2.29 bits per heavy atom. The first-order valence-electron chi connectivity index (χ1n) is 5.42. The van der Waals surface area contributed by atoms with Crippen LogP contribution in [0.4, 0.5) is 0 Å². The maximum Gasteiger partial charge on any atom is 0.226 e. The van der Waals surface area contributed by atoms with Crippen molar-refractivity contribution in [1.29, 1.82) is 0 Å². The highest BCUT2D eigenvalue weighted by atomic mass is 35.5. The van der Waals surface area contributed by atoms with Crippen LogP contribution in [0.5, 0.6) is 0 Å². The van der Waals surface area contributed by atoms with E-state index < -0.39 is 6.10 Å². The molecule has 0 amide bonds. The zero-order valence-corrected chi connectivity index (χ0v) is 10.5. The fraction of sp³-hybridized carbons (Fsp3) is 0.308. The number of hydrogen-bond donors (Lipinski definition) is 0. The molecule has 90 valence electrons. The van der Waals surface area contributed by atoms with Gasteiger partial charge in [0.1, 0.15) is 6.10 Å². The van der Waals surface area contributed by atoms with Gasteiger partial charge in [-0.1, -0.05) is 30.7 Å². The fourth-order valence-electron chi connectivity index (χ4n) is 1.77. The van der Waals surface area contributed by atoms with Crippen LogP contribution in [0.2, 0.25) is 5.02 Å². The lowest BCUT2D eigenvalue weighted by Gasteiger charge is -2.08. The number of furan rings is 1. The number of benzene rings is 1. The molecule has 2 aromatic rings.